The first kappa shape index (κ1) is 32.2. The third-order valence-corrected chi connectivity index (χ3v) is 9.84. The van der Waals surface area contributed by atoms with Crippen LogP contribution < -0.4 is 5.32 Å². The summed E-state index contributed by atoms with van der Waals surface area (Å²) in [4.78, 5) is 0. The minimum atomic E-state index is 1.02. The van der Waals surface area contributed by atoms with Gasteiger partial charge in [0, 0.05) is 0 Å². The Balaban J connectivity index is 1.45. The Labute approximate surface area is 229 Å². The molecule has 1 saturated carbocycles. The van der Waals surface area contributed by atoms with E-state index in [0.717, 1.165) is 23.7 Å². The van der Waals surface area contributed by atoms with E-state index in [1.165, 1.54) is 167 Å². The number of nitrogens with one attached hydrogen (secondary N) is 1. The fourth-order valence-corrected chi connectivity index (χ4v) is 7.04. The van der Waals surface area contributed by atoms with Crippen molar-refractivity contribution in [2.45, 2.75) is 187 Å². The van der Waals surface area contributed by atoms with Gasteiger partial charge in [-0.05, 0) is 56.0 Å². The van der Waals surface area contributed by atoms with E-state index in [4.69, 9.17) is 0 Å². The van der Waals surface area contributed by atoms with Gasteiger partial charge >= 0.3 is 0 Å². The molecule has 1 nitrogen and oxygen atoms in total. The van der Waals surface area contributed by atoms with Gasteiger partial charge in [-0.2, -0.15) is 0 Å². The normalized spacial score (nSPS) is 21.2. The van der Waals surface area contributed by atoms with Gasteiger partial charge in [-0.25, -0.2) is 0 Å². The Bertz CT molecular complexity index is 454. The summed E-state index contributed by atoms with van der Waals surface area (Å²) in [5, 5.41) is 3.55. The van der Waals surface area contributed by atoms with Crippen molar-refractivity contribution in [2.24, 2.45) is 23.7 Å². The molecule has 2 aliphatic rings. The fraction of sp³-hybridized carbons (Fsp3) is 1.00. The molecule has 0 bridgehead atoms. The molecule has 1 saturated heterocycles. The third kappa shape index (κ3) is 17.5. The second kappa shape index (κ2) is 22.9. The van der Waals surface area contributed by atoms with Gasteiger partial charge in [-0.3, -0.25) is 0 Å². The smallest absolute Gasteiger partial charge is 0.00463 e. The van der Waals surface area contributed by atoms with E-state index in [-0.39, 0.29) is 0 Å². The predicted octanol–water partition coefficient (Wildman–Crippen LogP) is 11.6. The number of unbranched alkanes of at least 4 members (excludes halogenated alkanes) is 15. The van der Waals surface area contributed by atoms with Crippen molar-refractivity contribution in [3.05, 3.63) is 0 Å². The van der Waals surface area contributed by atoms with Crippen LogP contribution in [0.25, 0.3) is 0 Å². The Morgan fingerprint density at radius 2 is 0.944 bits per heavy atom. The molecule has 36 heavy (non-hydrogen) atoms. The van der Waals surface area contributed by atoms with E-state index in [1.54, 1.807) is 19.3 Å². The highest BCUT2D eigenvalue weighted by Crippen LogP contribution is 2.45. The maximum atomic E-state index is 3.55. The molecule has 0 aromatic heterocycles. The van der Waals surface area contributed by atoms with E-state index in [9.17, 15) is 0 Å². The van der Waals surface area contributed by atoms with Crippen LogP contribution in [0.15, 0.2) is 0 Å². The van der Waals surface area contributed by atoms with Gasteiger partial charge in [0.15, 0.2) is 0 Å². The standard InChI is InChI=1S/C35H69N/c1-3-5-7-9-11-13-17-21-32(25-26-33-27-29-36-30-28-33)22-18-14-12-16-20-24-35-31-34(35)23-19-15-10-8-6-4-2/h32-36H,3-31H2,1-2H3. The largest absolute Gasteiger partial charge is 0.317 e. The van der Waals surface area contributed by atoms with Crippen LogP contribution in [-0.4, -0.2) is 13.1 Å². The Morgan fingerprint density at radius 1 is 0.500 bits per heavy atom. The molecule has 0 radical (unpaired) electrons. The zero-order valence-corrected chi connectivity index (χ0v) is 25.3. The molecule has 214 valence electrons. The van der Waals surface area contributed by atoms with Crippen LogP contribution in [0, 0.1) is 23.7 Å². The molecule has 0 spiro atoms. The molecule has 3 atom stereocenters. The average molecular weight is 504 g/mol. The Kier molecular flexibility index (Phi) is 20.5. The first-order valence-corrected chi connectivity index (χ1v) is 17.5. The molecule has 0 aromatic carbocycles. The average Bonchev–Trinajstić information content (AvgIpc) is 3.66. The lowest BCUT2D eigenvalue weighted by Crippen LogP contribution is -2.27. The number of hydrogen-bond donors (Lipinski definition) is 1. The molecule has 1 N–H and O–H groups in total. The predicted molar refractivity (Wildman–Crippen MR) is 163 cm³/mol. The highest BCUT2D eigenvalue weighted by Gasteiger charge is 2.35. The summed E-state index contributed by atoms with van der Waals surface area (Å²) in [5.41, 5.74) is 0. The van der Waals surface area contributed by atoms with Gasteiger partial charge in [0.2, 0.25) is 0 Å². The lowest BCUT2D eigenvalue weighted by molar-refractivity contribution is 0.296. The molecular formula is C35H69N. The van der Waals surface area contributed by atoms with Crippen molar-refractivity contribution in [3.63, 3.8) is 0 Å². The van der Waals surface area contributed by atoms with E-state index >= 15 is 0 Å². The lowest BCUT2D eigenvalue weighted by atomic mass is 9.85. The molecular weight excluding hydrogens is 434 g/mol. The summed E-state index contributed by atoms with van der Waals surface area (Å²) in [5.74, 6) is 4.31. The summed E-state index contributed by atoms with van der Waals surface area (Å²) in [7, 11) is 0. The Morgan fingerprint density at radius 3 is 1.44 bits per heavy atom. The summed E-state index contributed by atoms with van der Waals surface area (Å²) < 4.78 is 0. The molecule has 1 aliphatic heterocycles. The van der Waals surface area contributed by atoms with Crippen molar-refractivity contribution in [2.75, 3.05) is 13.1 Å². The molecule has 2 fully saturated rings. The first-order chi connectivity index (χ1) is 17.8. The second-order valence-corrected chi connectivity index (χ2v) is 13.2. The molecule has 2 rings (SSSR count). The van der Waals surface area contributed by atoms with Crippen molar-refractivity contribution >= 4 is 0 Å². The monoisotopic (exact) mass is 504 g/mol. The molecule has 1 heteroatoms. The van der Waals surface area contributed by atoms with Gasteiger partial charge in [0.05, 0.1) is 0 Å². The summed E-state index contributed by atoms with van der Waals surface area (Å²) in [6.07, 6.45) is 40.3. The number of rotatable bonds is 26. The van der Waals surface area contributed by atoms with Crippen LogP contribution in [0.1, 0.15) is 187 Å². The lowest BCUT2D eigenvalue weighted by Gasteiger charge is -2.25. The maximum Gasteiger partial charge on any atom is -0.00463 e. The molecule has 0 amide bonds. The first-order valence-electron chi connectivity index (χ1n) is 17.5. The topological polar surface area (TPSA) is 12.0 Å². The Hall–Kier alpha value is -0.0400. The number of piperidine rings is 1. The SMILES string of the molecule is CCCCCCCCCC(CCCCCCCC1CC1CCCCCCCC)CCC1CCNCC1. The van der Waals surface area contributed by atoms with Crippen LogP contribution in [0.3, 0.4) is 0 Å². The second-order valence-electron chi connectivity index (χ2n) is 13.2. The van der Waals surface area contributed by atoms with Crippen LogP contribution in [0.2, 0.25) is 0 Å². The fourth-order valence-electron chi connectivity index (χ4n) is 7.04. The van der Waals surface area contributed by atoms with Crippen molar-refractivity contribution in [1.29, 1.82) is 0 Å². The molecule has 1 aliphatic carbocycles. The zero-order valence-electron chi connectivity index (χ0n) is 25.3. The van der Waals surface area contributed by atoms with Crippen molar-refractivity contribution < 1.29 is 0 Å². The molecule has 3 unspecified atom stereocenters. The highest BCUT2D eigenvalue weighted by atomic mass is 14.9. The summed E-state index contributed by atoms with van der Waals surface area (Å²) in [6.45, 7) is 7.19. The van der Waals surface area contributed by atoms with Crippen molar-refractivity contribution in [3.8, 4) is 0 Å². The minimum Gasteiger partial charge on any atom is -0.317 e. The van der Waals surface area contributed by atoms with E-state index < -0.39 is 0 Å². The summed E-state index contributed by atoms with van der Waals surface area (Å²) >= 11 is 0. The minimum absolute atomic E-state index is 1.02. The van der Waals surface area contributed by atoms with Crippen molar-refractivity contribution in [1.82, 2.24) is 5.32 Å². The number of hydrogen-bond acceptors (Lipinski definition) is 1. The van der Waals surface area contributed by atoms with Gasteiger partial charge in [-0.15, -0.1) is 0 Å². The van der Waals surface area contributed by atoms with Crippen LogP contribution in [-0.2, 0) is 0 Å². The summed E-state index contributed by atoms with van der Waals surface area (Å²) in [6, 6.07) is 0. The molecule has 0 aromatic rings. The zero-order chi connectivity index (χ0) is 25.5. The van der Waals surface area contributed by atoms with Gasteiger partial charge in [0.25, 0.3) is 0 Å². The maximum absolute atomic E-state index is 3.55. The third-order valence-electron chi connectivity index (χ3n) is 9.84. The van der Waals surface area contributed by atoms with Gasteiger partial charge in [-0.1, -0.05) is 168 Å². The van der Waals surface area contributed by atoms with Crippen LogP contribution in [0.5, 0.6) is 0 Å². The van der Waals surface area contributed by atoms with Gasteiger partial charge < -0.3 is 5.32 Å². The van der Waals surface area contributed by atoms with Crippen LogP contribution >= 0.6 is 0 Å². The van der Waals surface area contributed by atoms with E-state index in [1.807, 2.05) is 0 Å². The van der Waals surface area contributed by atoms with E-state index in [2.05, 4.69) is 19.2 Å². The van der Waals surface area contributed by atoms with Crippen LogP contribution in [0.4, 0.5) is 0 Å². The van der Waals surface area contributed by atoms with Gasteiger partial charge in [0.1, 0.15) is 0 Å². The van der Waals surface area contributed by atoms with E-state index in [0.29, 0.717) is 0 Å². The highest BCUT2D eigenvalue weighted by molar-refractivity contribution is 4.85. The quantitative estimate of drug-likeness (QED) is 0.116. The molecule has 1 heterocycles.